The van der Waals surface area contributed by atoms with Crippen LogP contribution in [-0.2, 0) is 26.2 Å². The second-order valence-corrected chi connectivity index (χ2v) is 12.2. The predicted octanol–water partition coefficient (Wildman–Crippen LogP) is 5.25. The van der Waals surface area contributed by atoms with E-state index in [1.807, 2.05) is 58.2 Å². The molecule has 0 fully saturated rings. The van der Waals surface area contributed by atoms with E-state index >= 15 is 0 Å². The van der Waals surface area contributed by atoms with Crippen LogP contribution in [0.5, 0.6) is 5.75 Å². The Bertz CT molecular complexity index is 1430. The summed E-state index contributed by atoms with van der Waals surface area (Å²) < 4.78 is 35.1. The van der Waals surface area contributed by atoms with Gasteiger partial charge in [0.15, 0.2) is 0 Å². The third-order valence-electron chi connectivity index (χ3n) is 6.53. The normalized spacial score (nSPS) is 11.9. The Kier molecular flexibility index (Phi) is 11.7. The number of rotatable bonds is 14. The first kappa shape index (κ1) is 32.0. The molecule has 0 bridgehead atoms. The number of carbonyl (C=O) groups excluding carboxylic acids is 2. The fourth-order valence-electron chi connectivity index (χ4n) is 4.55. The average molecular weight is 598 g/mol. The quantitative estimate of drug-likeness (QED) is 0.255. The van der Waals surface area contributed by atoms with Gasteiger partial charge in [-0.05, 0) is 75.4 Å². The first-order valence-electron chi connectivity index (χ1n) is 13.7. The molecule has 41 heavy (non-hydrogen) atoms. The van der Waals surface area contributed by atoms with Gasteiger partial charge in [-0.1, -0.05) is 48.9 Å². The number of hydrogen-bond acceptors (Lipinski definition) is 6. The molecule has 1 N–H and O–H groups in total. The molecule has 8 nitrogen and oxygen atoms in total. The van der Waals surface area contributed by atoms with Crippen molar-refractivity contribution in [3.8, 4) is 5.75 Å². The number of thioether (sulfide) groups is 1. The zero-order chi connectivity index (χ0) is 30.0. The van der Waals surface area contributed by atoms with Crippen LogP contribution in [-0.4, -0.2) is 57.1 Å². The third kappa shape index (κ3) is 8.04. The van der Waals surface area contributed by atoms with Gasteiger partial charge in [-0.25, -0.2) is 8.42 Å². The molecule has 10 heteroatoms. The van der Waals surface area contributed by atoms with E-state index in [4.69, 9.17) is 4.74 Å². The summed E-state index contributed by atoms with van der Waals surface area (Å²) in [4.78, 5) is 29.7. The van der Waals surface area contributed by atoms with Gasteiger partial charge in [0.25, 0.3) is 10.0 Å². The number of carbonyl (C=O) groups is 2. The number of nitrogens with zero attached hydrogens (tertiary/aromatic N) is 2. The van der Waals surface area contributed by atoms with Crippen molar-refractivity contribution >= 4 is 39.3 Å². The van der Waals surface area contributed by atoms with Crippen LogP contribution >= 0.6 is 11.8 Å². The molecule has 0 radical (unpaired) electrons. The van der Waals surface area contributed by atoms with E-state index in [2.05, 4.69) is 5.32 Å². The number of amides is 2. The van der Waals surface area contributed by atoms with Gasteiger partial charge in [0.1, 0.15) is 18.3 Å². The van der Waals surface area contributed by atoms with Crippen molar-refractivity contribution in [3.05, 3.63) is 83.9 Å². The number of ether oxygens (including phenoxy) is 1. The summed E-state index contributed by atoms with van der Waals surface area (Å²) in [5.41, 5.74) is 2.11. The summed E-state index contributed by atoms with van der Waals surface area (Å²) in [7, 11) is -4.19. The molecule has 0 aromatic heterocycles. The molecule has 3 rings (SSSR count). The van der Waals surface area contributed by atoms with Crippen LogP contribution in [0.2, 0.25) is 0 Å². The summed E-state index contributed by atoms with van der Waals surface area (Å²) in [5, 5.41) is 2.82. The molecule has 0 saturated carbocycles. The predicted molar refractivity (Wildman–Crippen MR) is 165 cm³/mol. The Hall–Kier alpha value is -3.50. The topological polar surface area (TPSA) is 96.0 Å². The first-order chi connectivity index (χ1) is 19.7. The maximum Gasteiger partial charge on any atom is 0.264 e. The number of sulfonamides is 1. The fraction of sp³-hybridized carbons (Fsp3) is 0.355. The summed E-state index contributed by atoms with van der Waals surface area (Å²) in [6.07, 6.45) is 2.27. The van der Waals surface area contributed by atoms with E-state index in [0.717, 1.165) is 20.3 Å². The van der Waals surface area contributed by atoms with Crippen LogP contribution in [0.4, 0.5) is 5.69 Å². The van der Waals surface area contributed by atoms with Crippen molar-refractivity contribution in [2.75, 3.05) is 30.3 Å². The molecule has 1 atom stereocenters. The molecule has 3 aromatic carbocycles. The maximum absolute atomic E-state index is 14.2. The summed E-state index contributed by atoms with van der Waals surface area (Å²) in [6.45, 7) is 7.78. The van der Waals surface area contributed by atoms with Crippen molar-refractivity contribution in [3.63, 3.8) is 0 Å². The Balaban J connectivity index is 2.11. The highest BCUT2D eigenvalue weighted by atomic mass is 32.2. The minimum atomic E-state index is -4.19. The number of anilines is 1. The highest BCUT2D eigenvalue weighted by molar-refractivity contribution is 7.98. The molecule has 0 aliphatic rings. The monoisotopic (exact) mass is 597 g/mol. The van der Waals surface area contributed by atoms with E-state index in [1.54, 1.807) is 36.4 Å². The molecule has 220 valence electrons. The number of likely N-dealkylation sites (N-methyl/N-ethyl adjacent to an activating group) is 1. The van der Waals surface area contributed by atoms with E-state index in [-0.39, 0.29) is 23.0 Å². The minimum Gasteiger partial charge on any atom is -0.492 e. The molecule has 2 amide bonds. The number of hydrogen-bond donors (Lipinski definition) is 1. The van der Waals surface area contributed by atoms with Gasteiger partial charge in [0.2, 0.25) is 11.8 Å². The summed E-state index contributed by atoms with van der Waals surface area (Å²) in [5.74, 6) is -0.443. The lowest BCUT2D eigenvalue weighted by Gasteiger charge is -2.33. The second kappa shape index (κ2) is 14.9. The third-order valence-corrected chi connectivity index (χ3v) is 9.05. The number of aryl methyl sites for hydroxylation is 1. The zero-order valence-corrected chi connectivity index (χ0v) is 25.9. The van der Waals surface area contributed by atoms with Crippen LogP contribution in [0.3, 0.4) is 0 Å². The fourth-order valence-corrected chi connectivity index (χ4v) is 6.38. The lowest BCUT2D eigenvalue weighted by molar-refractivity contribution is -0.140. The van der Waals surface area contributed by atoms with Gasteiger partial charge in [0.05, 0.1) is 17.2 Å². The van der Waals surface area contributed by atoms with Crippen molar-refractivity contribution in [1.82, 2.24) is 10.2 Å². The van der Waals surface area contributed by atoms with E-state index in [9.17, 15) is 18.0 Å². The van der Waals surface area contributed by atoms with Crippen molar-refractivity contribution in [1.29, 1.82) is 0 Å². The molecule has 3 aromatic rings. The number of nitrogens with one attached hydrogen (secondary N) is 1. The van der Waals surface area contributed by atoms with Crippen molar-refractivity contribution < 1.29 is 22.7 Å². The Labute approximate surface area is 248 Å². The molecule has 0 spiro atoms. The molecular weight excluding hydrogens is 558 g/mol. The lowest BCUT2D eigenvalue weighted by atomic mass is 10.1. The summed E-state index contributed by atoms with van der Waals surface area (Å²) >= 11 is 1.50. The lowest BCUT2D eigenvalue weighted by Crippen LogP contribution is -2.52. The van der Waals surface area contributed by atoms with Crippen LogP contribution in [0.15, 0.2) is 82.6 Å². The molecule has 0 unspecified atom stereocenters. The molecular formula is C31H39N3O5S2. The molecule has 0 aliphatic carbocycles. The van der Waals surface area contributed by atoms with E-state index in [0.29, 0.717) is 25.3 Å². The van der Waals surface area contributed by atoms with Crippen LogP contribution in [0.25, 0.3) is 0 Å². The standard InChI is InChI=1S/C31H39N3O5S2/c1-6-27(31(36)32-7-2)33(21-24-13-11-12-23(4)20-24)30(35)22-34(28-14-9-10-15-29(28)39-8-3)41(37,38)26-18-16-25(40-5)17-19-26/h9-20,27H,6-8,21-22H2,1-5H3,(H,32,36)/t27-/m0/s1. The SMILES string of the molecule is CCNC(=O)[C@H](CC)N(Cc1cccc(C)c1)C(=O)CN(c1ccccc1OCC)S(=O)(=O)c1ccc(SC)cc1. The Morgan fingerprint density at radius 2 is 1.68 bits per heavy atom. The highest BCUT2D eigenvalue weighted by Crippen LogP contribution is 2.33. The first-order valence-corrected chi connectivity index (χ1v) is 16.3. The smallest absolute Gasteiger partial charge is 0.264 e. The summed E-state index contributed by atoms with van der Waals surface area (Å²) in [6, 6.07) is 20.2. The largest absolute Gasteiger partial charge is 0.492 e. The van der Waals surface area contributed by atoms with Crippen molar-refractivity contribution in [2.45, 2.75) is 56.5 Å². The number of para-hydroxylation sites is 2. The Morgan fingerprint density at radius 3 is 2.29 bits per heavy atom. The minimum absolute atomic E-state index is 0.0513. The van der Waals surface area contributed by atoms with Crippen LogP contribution in [0.1, 0.15) is 38.3 Å². The average Bonchev–Trinajstić information content (AvgIpc) is 2.96. The van der Waals surface area contributed by atoms with Crippen molar-refractivity contribution in [2.24, 2.45) is 0 Å². The zero-order valence-electron chi connectivity index (χ0n) is 24.3. The van der Waals surface area contributed by atoms with Gasteiger partial charge in [-0.3, -0.25) is 13.9 Å². The molecule has 0 aliphatic heterocycles. The number of benzene rings is 3. The second-order valence-electron chi connectivity index (χ2n) is 9.42. The van der Waals surface area contributed by atoms with E-state index < -0.39 is 28.5 Å². The Morgan fingerprint density at radius 1 is 0.976 bits per heavy atom. The highest BCUT2D eigenvalue weighted by Gasteiger charge is 2.34. The molecule has 0 heterocycles. The van der Waals surface area contributed by atoms with E-state index in [1.165, 1.54) is 28.8 Å². The van der Waals surface area contributed by atoms with Gasteiger partial charge in [0, 0.05) is 18.0 Å². The van der Waals surface area contributed by atoms with Gasteiger partial charge < -0.3 is 15.0 Å². The van der Waals surface area contributed by atoms with Gasteiger partial charge in [-0.2, -0.15) is 0 Å². The van der Waals surface area contributed by atoms with Gasteiger partial charge >= 0.3 is 0 Å². The molecule has 0 saturated heterocycles. The van der Waals surface area contributed by atoms with Gasteiger partial charge in [-0.15, -0.1) is 11.8 Å². The van der Waals surface area contributed by atoms with Crippen LogP contribution in [0, 0.1) is 6.92 Å². The van der Waals surface area contributed by atoms with Crippen LogP contribution < -0.4 is 14.4 Å². The maximum atomic E-state index is 14.2.